The number of benzene rings is 1. The van der Waals surface area contributed by atoms with E-state index in [2.05, 4.69) is 11.9 Å². The first-order chi connectivity index (χ1) is 13.0. The molecule has 0 spiro atoms. The molecule has 1 fully saturated rings. The maximum atomic E-state index is 12.8. The molecule has 1 aromatic carbocycles. The molecule has 1 aromatic heterocycles. The van der Waals surface area contributed by atoms with Crippen molar-refractivity contribution in [2.24, 2.45) is 5.92 Å². The van der Waals surface area contributed by atoms with E-state index in [9.17, 15) is 9.59 Å². The molecule has 2 aliphatic carbocycles. The molecule has 3 atom stereocenters. The Morgan fingerprint density at radius 2 is 2.00 bits per heavy atom. The van der Waals surface area contributed by atoms with Crippen molar-refractivity contribution in [3.05, 3.63) is 57.4 Å². The molecule has 0 unspecified atom stereocenters. The van der Waals surface area contributed by atoms with E-state index in [4.69, 9.17) is 16.3 Å². The fourth-order valence-electron chi connectivity index (χ4n) is 4.55. The number of nitrogens with one attached hydrogen (secondary N) is 1. The second-order valence-corrected chi connectivity index (χ2v) is 8.29. The van der Waals surface area contributed by atoms with Crippen molar-refractivity contribution < 1.29 is 14.3 Å². The van der Waals surface area contributed by atoms with Gasteiger partial charge < -0.3 is 9.72 Å². The molecule has 5 heteroatoms. The highest BCUT2D eigenvalue weighted by molar-refractivity contribution is 6.31. The summed E-state index contributed by atoms with van der Waals surface area (Å²) in [5.74, 6) is 0.131. The van der Waals surface area contributed by atoms with Gasteiger partial charge in [0.2, 0.25) is 0 Å². The molecular weight excluding hydrogens is 362 g/mol. The van der Waals surface area contributed by atoms with E-state index >= 15 is 0 Å². The van der Waals surface area contributed by atoms with Gasteiger partial charge in [-0.1, -0.05) is 36.7 Å². The van der Waals surface area contributed by atoms with Gasteiger partial charge in [0.1, 0.15) is 11.8 Å². The molecule has 1 saturated carbocycles. The number of ether oxygens (including phenoxy) is 1. The lowest BCUT2D eigenvalue weighted by atomic mass is 9.81. The van der Waals surface area contributed by atoms with Gasteiger partial charge in [0, 0.05) is 22.7 Å². The number of hydrogen-bond donors (Lipinski definition) is 1. The zero-order valence-electron chi connectivity index (χ0n) is 15.7. The number of ketones is 1. The monoisotopic (exact) mass is 385 g/mol. The Morgan fingerprint density at radius 3 is 2.70 bits per heavy atom. The number of aromatic nitrogens is 1. The van der Waals surface area contributed by atoms with E-state index in [0.717, 1.165) is 30.5 Å². The molecule has 0 bridgehead atoms. The van der Waals surface area contributed by atoms with Crippen molar-refractivity contribution in [3.63, 3.8) is 0 Å². The third-order valence-electron chi connectivity index (χ3n) is 6.08. The van der Waals surface area contributed by atoms with Crippen LogP contribution in [0.25, 0.3) is 0 Å². The molecule has 0 amide bonds. The SMILES string of the molecule is Cc1c(C(=O)O[C@@H]2CCC[C@H]2C)[nH]c2c1C(=O)C[C@@H](c1ccccc1Cl)C2. The molecule has 1 heterocycles. The summed E-state index contributed by atoms with van der Waals surface area (Å²) in [6.07, 6.45) is 4.15. The van der Waals surface area contributed by atoms with Crippen LogP contribution in [0.1, 0.15) is 76.2 Å². The first-order valence-corrected chi connectivity index (χ1v) is 10.0. The van der Waals surface area contributed by atoms with Crippen molar-refractivity contribution >= 4 is 23.4 Å². The van der Waals surface area contributed by atoms with Gasteiger partial charge >= 0.3 is 5.97 Å². The van der Waals surface area contributed by atoms with Crippen LogP contribution < -0.4 is 0 Å². The van der Waals surface area contributed by atoms with Gasteiger partial charge in [-0.2, -0.15) is 0 Å². The zero-order valence-corrected chi connectivity index (χ0v) is 16.4. The predicted octanol–water partition coefficient (Wildman–Crippen LogP) is 5.23. The topological polar surface area (TPSA) is 59.2 Å². The van der Waals surface area contributed by atoms with E-state index in [1.165, 1.54) is 0 Å². The summed E-state index contributed by atoms with van der Waals surface area (Å²) in [6.45, 7) is 3.95. The Balaban J connectivity index is 1.60. The molecule has 4 nitrogen and oxygen atoms in total. The minimum absolute atomic E-state index is 0.0236. The van der Waals surface area contributed by atoms with Crippen LogP contribution in [-0.4, -0.2) is 22.8 Å². The van der Waals surface area contributed by atoms with Crippen LogP contribution in [0.15, 0.2) is 24.3 Å². The average Bonchev–Trinajstić information content (AvgIpc) is 3.19. The van der Waals surface area contributed by atoms with Gasteiger partial charge in [0.15, 0.2) is 5.78 Å². The Kier molecular flexibility index (Phi) is 4.85. The van der Waals surface area contributed by atoms with Crippen LogP contribution in [0.5, 0.6) is 0 Å². The minimum Gasteiger partial charge on any atom is -0.457 e. The third-order valence-corrected chi connectivity index (χ3v) is 6.42. The molecule has 0 saturated heterocycles. The normalized spacial score (nSPS) is 24.7. The smallest absolute Gasteiger partial charge is 0.355 e. The summed E-state index contributed by atoms with van der Waals surface area (Å²) in [5.41, 5.74) is 3.59. The minimum atomic E-state index is -0.345. The van der Waals surface area contributed by atoms with Crippen LogP contribution in [0.3, 0.4) is 0 Å². The Hall–Kier alpha value is -2.07. The predicted molar refractivity (Wildman–Crippen MR) is 105 cm³/mol. The maximum Gasteiger partial charge on any atom is 0.355 e. The summed E-state index contributed by atoms with van der Waals surface area (Å²) in [5, 5.41) is 0.678. The second kappa shape index (κ2) is 7.16. The van der Waals surface area contributed by atoms with Gasteiger partial charge in [-0.3, -0.25) is 4.79 Å². The highest BCUT2D eigenvalue weighted by Gasteiger charge is 2.34. The number of H-pyrrole nitrogens is 1. The number of carbonyl (C=O) groups excluding carboxylic acids is 2. The van der Waals surface area contributed by atoms with Gasteiger partial charge in [0.05, 0.1) is 0 Å². The Bertz CT molecular complexity index is 901. The van der Waals surface area contributed by atoms with Gasteiger partial charge in [0.25, 0.3) is 0 Å². The zero-order chi connectivity index (χ0) is 19.1. The van der Waals surface area contributed by atoms with Crippen molar-refractivity contribution in [2.75, 3.05) is 0 Å². The highest BCUT2D eigenvalue weighted by Crippen LogP contribution is 2.38. The number of fused-ring (bicyclic) bond motifs is 1. The van der Waals surface area contributed by atoms with Crippen LogP contribution >= 0.6 is 11.6 Å². The van der Waals surface area contributed by atoms with Gasteiger partial charge in [-0.15, -0.1) is 0 Å². The summed E-state index contributed by atoms with van der Waals surface area (Å²) in [7, 11) is 0. The number of halogens is 1. The lowest BCUT2D eigenvalue weighted by molar-refractivity contribution is 0.0219. The summed E-state index contributed by atoms with van der Waals surface area (Å²) in [4.78, 5) is 28.7. The van der Waals surface area contributed by atoms with Crippen LogP contribution in [-0.2, 0) is 11.2 Å². The van der Waals surface area contributed by atoms with Crippen molar-refractivity contribution in [3.8, 4) is 0 Å². The molecule has 2 aromatic rings. The van der Waals surface area contributed by atoms with E-state index < -0.39 is 0 Å². The van der Waals surface area contributed by atoms with Crippen LogP contribution in [0.4, 0.5) is 0 Å². The second-order valence-electron chi connectivity index (χ2n) is 7.88. The van der Waals surface area contributed by atoms with Crippen LogP contribution in [0.2, 0.25) is 5.02 Å². The highest BCUT2D eigenvalue weighted by atomic mass is 35.5. The average molecular weight is 386 g/mol. The number of aromatic amines is 1. The van der Waals surface area contributed by atoms with Crippen molar-refractivity contribution in [1.82, 2.24) is 4.98 Å². The molecule has 0 aliphatic heterocycles. The standard InChI is InChI=1S/C22H24ClNO3/c1-12-6-5-9-19(12)27-22(26)21-13(2)20-17(24-21)10-14(11-18(20)25)15-7-3-4-8-16(15)23/h3-4,7-8,12,14,19,24H,5-6,9-11H2,1-2H3/t12-,14+,19-/m1/s1. The number of hydrogen-bond acceptors (Lipinski definition) is 3. The number of esters is 1. The first kappa shape index (κ1) is 18.3. The Morgan fingerprint density at radius 1 is 1.22 bits per heavy atom. The van der Waals surface area contributed by atoms with Gasteiger partial charge in [-0.05, 0) is 61.6 Å². The Labute approximate surface area is 164 Å². The summed E-state index contributed by atoms with van der Waals surface area (Å²) in [6, 6.07) is 7.64. The molecule has 4 rings (SSSR count). The molecule has 142 valence electrons. The molecule has 0 radical (unpaired) electrons. The molecule has 1 N–H and O–H groups in total. The number of carbonyl (C=O) groups is 2. The van der Waals surface area contributed by atoms with E-state index in [1.807, 2.05) is 31.2 Å². The van der Waals surface area contributed by atoms with Crippen molar-refractivity contribution in [1.29, 1.82) is 0 Å². The number of Topliss-reactive ketones (excluding diaryl/α,β-unsaturated/α-hetero) is 1. The molecule has 2 aliphatic rings. The molecule has 27 heavy (non-hydrogen) atoms. The largest absolute Gasteiger partial charge is 0.457 e. The summed E-state index contributed by atoms with van der Waals surface area (Å²) >= 11 is 6.33. The van der Waals surface area contributed by atoms with Crippen molar-refractivity contribution in [2.45, 2.75) is 58.0 Å². The molecular formula is C22H24ClNO3. The van der Waals surface area contributed by atoms with Gasteiger partial charge in [-0.25, -0.2) is 4.79 Å². The fraction of sp³-hybridized carbons (Fsp3) is 0.455. The first-order valence-electron chi connectivity index (χ1n) is 9.65. The maximum absolute atomic E-state index is 12.8. The van der Waals surface area contributed by atoms with Crippen LogP contribution in [0, 0.1) is 12.8 Å². The van der Waals surface area contributed by atoms with E-state index in [-0.39, 0.29) is 23.8 Å². The third kappa shape index (κ3) is 3.31. The lowest BCUT2D eigenvalue weighted by Gasteiger charge is -2.22. The van der Waals surface area contributed by atoms with E-state index in [1.54, 1.807) is 0 Å². The number of rotatable bonds is 3. The fourth-order valence-corrected chi connectivity index (χ4v) is 4.84. The lowest BCUT2D eigenvalue weighted by Crippen LogP contribution is -2.21. The van der Waals surface area contributed by atoms with E-state index in [0.29, 0.717) is 40.6 Å². The quantitative estimate of drug-likeness (QED) is 0.735. The summed E-state index contributed by atoms with van der Waals surface area (Å²) < 4.78 is 5.73.